The molecular formula is C23H26N2O4. The summed E-state index contributed by atoms with van der Waals surface area (Å²) >= 11 is 0. The van der Waals surface area contributed by atoms with Gasteiger partial charge in [-0.15, -0.1) is 0 Å². The van der Waals surface area contributed by atoms with E-state index in [0.29, 0.717) is 43.6 Å². The van der Waals surface area contributed by atoms with Crippen LogP contribution < -0.4 is 5.32 Å². The van der Waals surface area contributed by atoms with Crippen LogP contribution in [0.5, 0.6) is 0 Å². The number of ether oxygens (including phenoxy) is 2. The third-order valence-corrected chi connectivity index (χ3v) is 5.33. The molecule has 0 aliphatic carbocycles. The highest BCUT2D eigenvalue weighted by Gasteiger charge is 2.22. The molecule has 1 aliphatic heterocycles. The molecule has 1 amide bonds. The van der Waals surface area contributed by atoms with Gasteiger partial charge >= 0.3 is 0 Å². The molecule has 3 aromatic rings. The van der Waals surface area contributed by atoms with E-state index >= 15 is 0 Å². The number of nitrogens with one attached hydrogen (secondary N) is 1. The predicted molar refractivity (Wildman–Crippen MR) is 110 cm³/mol. The monoisotopic (exact) mass is 394 g/mol. The van der Waals surface area contributed by atoms with Crippen LogP contribution in [0.25, 0.3) is 10.8 Å². The van der Waals surface area contributed by atoms with Crippen molar-refractivity contribution in [3.8, 4) is 0 Å². The van der Waals surface area contributed by atoms with E-state index in [-0.39, 0.29) is 12.5 Å². The van der Waals surface area contributed by atoms with Crippen molar-refractivity contribution in [1.82, 2.24) is 10.5 Å². The van der Waals surface area contributed by atoms with Gasteiger partial charge in [-0.3, -0.25) is 4.79 Å². The number of carbonyl (C=O) groups is 1. The van der Waals surface area contributed by atoms with Crippen LogP contribution in [0.1, 0.15) is 40.7 Å². The first kappa shape index (κ1) is 19.6. The Bertz CT molecular complexity index is 976. The van der Waals surface area contributed by atoms with Gasteiger partial charge in [0, 0.05) is 24.6 Å². The summed E-state index contributed by atoms with van der Waals surface area (Å²) in [6, 6.07) is 14.5. The SMILES string of the molecule is CCc1c(C(=O)NCC2CCOC2)noc1COCc1ccc2ccccc2c1. The summed E-state index contributed by atoms with van der Waals surface area (Å²) < 4.78 is 16.6. The van der Waals surface area contributed by atoms with E-state index in [0.717, 1.165) is 24.2 Å². The van der Waals surface area contributed by atoms with Crippen LogP contribution in [-0.4, -0.2) is 30.8 Å². The molecule has 4 rings (SSSR count). The molecule has 1 atom stereocenters. The molecule has 1 unspecified atom stereocenters. The minimum atomic E-state index is -0.196. The molecule has 6 nitrogen and oxygen atoms in total. The number of hydrogen-bond donors (Lipinski definition) is 1. The Kier molecular flexibility index (Phi) is 6.22. The second-order valence-electron chi connectivity index (χ2n) is 7.40. The van der Waals surface area contributed by atoms with Crippen LogP contribution in [0.15, 0.2) is 47.0 Å². The van der Waals surface area contributed by atoms with E-state index in [1.807, 2.05) is 19.1 Å². The van der Waals surface area contributed by atoms with Crippen LogP contribution >= 0.6 is 0 Å². The van der Waals surface area contributed by atoms with Crippen LogP contribution in [-0.2, 0) is 29.1 Å². The van der Waals surface area contributed by atoms with Crippen molar-refractivity contribution >= 4 is 16.7 Å². The zero-order valence-electron chi connectivity index (χ0n) is 16.6. The van der Waals surface area contributed by atoms with E-state index in [2.05, 4.69) is 40.8 Å². The van der Waals surface area contributed by atoms with Gasteiger partial charge in [-0.2, -0.15) is 0 Å². The van der Waals surface area contributed by atoms with Crippen molar-refractivity contribution in [2.45, 2.75) is 33.0 Å². The van der Waals surface area contributed by atoms with Crippen molar-refractivity contribution in [2.75, 3.05) is 19.8 Å². The summed E-state index contributed by atoms with van der Waals surface area (Å²) in [4.78, 5) is 12.5. The van der Waals surface area contributed by atoms with Gasteiger partial charge in [0.1, 0.15) is 6.61 Å². The third-order valence-electron chi connectivity index (χ3n) is 5.33. The van der Waals surface area contributed by atoms with Gasteiger partial charge in [0.05, 0.1) is 13.2 Å². The second-order valence-corrected chi connectivity index (χ2v) is 7.40. The number of amides is 1. The zero-order chi connectivity index (χ0) is 20.1. The summed E-state index contributed by atoms with van der Waals surface area (Å²) in [6.07, 6.45) is 1.64. The molecule has 1 fully saturated rings. The van der Waals surface area contributed by atoms with Crippen molar-refractivity contribution < 1.29 is 18.8 Å². The number of rotatable bonds is 8. The van der Waals surface area contributed by atoms with E-state index in [1.165, 1.54) is 10.8 Å². The quantitative estimate of drug-likeness (QED) is 0.628. The van der Waals surface area contributed by atoms with Gasteiger partial charge in [0.2, 0.25) is 0 Å². The fourth-order valence-electron chi connectivity index (χ4n) is 3.65. The summed E-state index contributed by atoms with van der Waals surface area (Å²) in [5.74, 6) is 0.793. The van der Waals surface area contributed by atoms with E-state index < -0.39 is 0 Å². The fourth-order valence-corrected chi connectivity index (χ4v) is 3.65. The van der Waals surface area contributed by atoms with Gasteiger partial charge < -0.3 is 19.3 Å². The van der Waals surface area contributed by atoms with Gasteiger partial charge in [-0.25, -0.2) is 0 Å². The molecule has 1 N–H and O–H groups in total. The van der Waals surface area contributed by atoms with Crippen molar-refractivity contribution in [2.24, 2.45) is 5.92 Å². The summed E-state index contributed by atoms with van der Waals surface area (Å²) in [6.45, 7) is 4.81. The Morgan fingerprint density at radius 1 is 1.21 bits per heavy atom. The van der Waals surface area contributed by atoms with E-state index in [1.54, 1.807) is 0 Å². The average Bonchev–Trinajstić information content (AvgIpc) is 3.41. The summed E-state index contributed by atoms with van der Waals surface area (Å²) in [5, 5.41) is 9.34. The highest BCUT2D eigenvalue weighted by atomic mass is 16.5. The molecular weight excluding hydrogens is 368 g/mol. The lowest BCUT2D eigenvalue weighted by molar-refractivity contribution is 0.0872. The van der Waals surface area contributed by atoms with Crippen LogP contribution in [0.4, 0.5) is 0 Å². The average molecular weight is 394 g/mol. The first-order chi connectivity index (χ1) is 14.2. The lowest BCUT2D eigenvalue weighted by atomic mass is 10.1. The number of fused-ring (bicyclic) bond motifs is 1. The molecule has 0 radical (unpaired) electrons. The van der Waals surface area contributed by atoms with Crippen molar-refractivity contribution in [3.63, 3.8) is 0 Å². The summed E-state index contributed by atoms with van der Waals surface area (Å²) in [7, 11) is 0. The highest BCUT2D eigenvalue weighted by molar-refractivity contribution is 5.93. The Labute approximate surface area is 170 Å². The molecule has 2 heterocycles. The lowest BCUT2D eigenvalue weighted by Gasteiger charge is -2.08. The number of hydrogen-bond acceptors (Lipinski definition) is 5. The molecule has 0 saturated carbocycles. The predicted octanol–water partition coefficient (Wildman–Crippen LogP) is 3.87. The standard InChI is InChI=1S/C23H26N2O4/c1-2-20-21(29-25-22(20)23(26)24-12-17-9-10-27-14-17)15-28-13-16-7-8-18-5-3-4-6-19(18)11-16/h3-8,11,17H,2,9-10,12-15H2,1H3,(H,24,26). The molecule has 0 spiro atoms. The molecule has 2 aromatic carbocycles. The summed E-state index contributed by atoms with van der Waals surface area (Å²) in [5.41, 5.74) is 2.26. The van der Waals surface area contributed by atoms with Gasteiger partial charge in [-0.05, 0) is 35.2 Å². The topological polar surface area (TPSA) is 73.6 Å². The Morgan fingerprint density at radius 3 is 2.86 bits per heavy atom. The highest BCUT2D eigenvalue weighted by Crippen LogP contribution is 2.19. The third kappa shape index (κ3) is 4.66. The lowest BCUT2D eigenvalue weighted by Crippen LogP contribution is -2.30. The Hall–Kier alpha value is -2.70. The molecule has 0 bridgehead atoms. The molecule has 1 aliphatic rings. The van der Waals surface area contributed by atoms with Crippen LogP contribution in [0, 0.1) is 5.92 Å². The smallest absolute Gasteiger partial charge is 0.273 e. The number of benzene rings is 2. The molecule has 6 heteroatoms. The van der Waals surface area contributed by atoms with Gasteiger partial charge in [-0.1, -0.05) is 48.5 Å². The maximum absolute atomic E-state index is 12.5. The van der Waals surface area contributed by atoms with E-state index in [9.17, 15) is 4.79 Å². The molecule has 1 saturated heterocycles. The zero-order valence-corrected chi connectivity index (χ0v) is 16.6. The molecule has 29 heavy (non-hydrogen) atoms. The fraction of sp³-hybridized carbons (Fsp3) is 0.391. The van der Waals surface area contributed by atoms with Gasteiger partial charge in [0.15, 0.2) is 11.5 Å². The van der Waals surface area contributed by atoms with Gasteiger partial charge in [0.25, 0.3) is 5.91 Å². The minimum Gasteiger partial charge on any atom is -0.381 e. The van der Waals surface area contributed by atoms with Crippen molar-refractivity contribution in [3.05, 3.63) is 65.0 Å². The van der Waals surface area contributed by atoms with Crippen LogP contribution in [0.3, 0.4) is 0 Å². The van der Waals surface area contributed by atoms with Crippen molar-refractivity contribution in [1.29, 1.82) is 0 Å². The first-order valence-electron chi connectivity index (χ1n) is 10.1. The Morgan fingerprint density at radius 2 is 2.07 bits per heavy atom. The molecule has 1 aromatic heterocycles. The second kappa shape index (κ2) is 9.20. The molecule has 152 valence electrons. The first-order valence-corrected chi connectivity index (χ1v) is 10.1. The van der Waals surface area contributed by atoms with Crippen LogP contribution in [0.2, 0.25) is 0 Å². The number of nitrogens with zero attached hydrogens (tertiary/aromatic N) is 1. The largest absolute Gasteiger partial charge is 0.381 e. The van der Waals surface area contributed by atoms with E-state index in [4.69, 9.17) is 14.0 Å². The maximum atomic E-state index is 12.5. The maximum Gasteiger partial charge on any atom is 0.273 e. The minimum absolute atomic E-state index is 0.196. The normalized spacial score (nSPS) is 16.4. The number of carbonyl (C=O) groups excluding carboxylic acids is 1. The number of aromatic nitrogens is 1. The Balaban J connectivity index is 1.35.